The predicted molar refractivity (Wildman–Crippen MR) is 117 cm³/mol. The maximum Gasteiger partial charge on any atom is 0.223 e. The number of aryl methyl sites for hydroxylation is 1. The molecule has 1 aromatic carbocycles. The highest BCUT2D eigenvalue weighted by Crippen LogP contribution is 2.34. The zero-order chi connectivity index (χ0) is 20.2. The normalized spacial score (nSPS) is 12.1. The molecule has 7 nitrogen and oxygen atoms in total. The highest BCUT2D eigenvalue weighted by Gasteiger charge is 2.17. The Bertz CT molecular complexity index is 1100. The molecular weight excluding hydrogens is 452 g/mol. The van der Waals surface area contributed by atoms with Gasteiger partial charge in [0.1, 0.15) is 16.8 Å². The fourth-order valence-corrected chi connectivity index (χ4v) is 4.31. The van der Waals surface area contributed by atoms with Crippen LogP contribution in [0.5, 0.6) is 0 Å². The molecule has 0 bridgehead atoms. The number of aliphatic hydroxyl groups excluding tert-OH is 1. The molecule has 1 unspecified atom stereocenters. The van der Waals surface area contributed by atoms with Crippen molar-refractivity contribution >= 4 is 33.2 Å². The molecule has 0 amide bonds. The van der Waals surface area contributed by atoms with Gasteiger partial charge in [-0.05, 0) is 28.4 Å². The Hall–Kier alpha value is -2.62. The summed E-state index contributed by atoms with van der Waals surface area (Å²) in [7, 11) is 0. The van der Waals surface area contributed by atoms with Crippen LogP contribution in [-0.2, 0) is 6.54 Å². The number of aliphatic hydroxyl groups is 1. The Morgan fingerprint density at radius 2 is 2.00 bits per heavy atom. The molecule has 0 saturated heterocycles. The van der Waals surface area contributed by atoms with Crippen LogP contribution in [0.25, 0.3) is 10.6 Å². The molecule has 3 heterocycles. The molecule has 29 heavy (non-hydrogen) atoms. The van der Waals surface area contributed by atoms with Crippen LogP contribution in [0.2, 0.25) is 0 Å². The number of benzene rings is 1. The second-order valence-corrected chi connectivity index (χ2v) is 8.34. The second-order valence-electron chi connectivity index (χ2n) is 6.42. The highest BCUT2D eigenvalue weighted by molar-refractivity contribution is 9.10. The number of thiazole rings is 1. The van der Waals surface area contributed by atoms with Gasteiger partial charge in [0.25, 0.3) is 0 Å². The first kappa shape index (κ1) is 19.7. The van der Waals surface area contributed by atoms with Crippen molar-refractivity contribution in [1.29, 1.82) is 0 Å². The molecule has 0 fully saturated rings. The molecule has 1 atom stereocenters. The van der Waals surface area contributed by atoms with E-state index in [1.165, 1.54) is 11.3 Å². The monoisotopic (exact) mass is 470 g/mol. The number of halogens is 1. The minimum Gasteiger partial charge on any atom is -0.381 e. The molecular formula is C20H19BrN6OS. The van der Waals surface area contributed by atoms with Gasteiger partial charge in [-0.1, -0.05) is 30.3 Å². The molecule has 0 aliphatic heterocycles. The van der Waals surface area contributed by atoms with Crippen molar-refractivity contribution in [1.82, 2.24) is 24.5 Å². The lowest BCUT2D eigenvalue weighted by Gasteiger charge is -2.09. The van der Waals surface area contributed by atoms with Crippen molar-refractivity contribution < 1.29 is 5.11 Å². The van der Waals surface area contributed by atoms with Gasteiger partial charge in [-0.3, -0.25) is 0 Å². The molecule has 0 aliphatic rings. The molecule has 0 saturated carbocycles. The molecule has 0 radical (unpaired) electrons. The van der Waals surface area contributed by atoms with Gasteiger partial charge >= 0.3 is 0 Å². The number of aromatic nitrogens is 5. The largest absolute Gasteiger partial charge is 0.381 e. The predicted octanol–water partition coefficient (Wildman–Crippen LogP) is 4.06. The number of rotatable bonds is 7. The Labute approximate surface area is 180 Å². The van der Waals surface area contributed by atoms with E-state index in [0.29, 0.717) is 17.5 Å². The Balaban J connectivity index is 1.49. The number of nitrogens with zero attached hydrogens (tertiary/aromatic N) is 5. The zero-order valence-electron chi connectivity index (χ0n) is 15.7. The van der Waals surface area contributed by atoms with Gasteiger partial charge in [-0.25, -0.2) is 19.9 Å². The van der Waals surface area contributed by atoms with Crippen LogP contribution in [0.15, 0.2) is 59.7 Å². The molecule has 0 spiro atoms. The van der Waals surface area contributed by atoms with Crippen molar-refractivity contribution in [3.8, 4) is 10.6 Å². The van der Waals surface area contributed by atoms with E-state index in [9.17, 15) is 5.11 Å². The number of nitrogens with one attached hydrogen (secondary N) is 1. The van der Waals surface area contributed by atoms with Gasteiger partial charge in [-0.2, -0.15) is 0 Å². The average Bonchev–Trinajstić information content (AvgIpc) is 3.39. The van der Waals surface area contributed by atoms with Crippen molar-refractivity contribution in [2.75, 3.05) is 11.9 Å². The summed E-state index contributed by atoms with van der Waals surface area (Å²) < 4.78 is 2.84. The summed E-state index contributed by atoms with van der Waals surface area (Å²) in [5.74, 6) is 0.541. The van der Waals surface area contributed by atoms with Crippen molar-refractivity contribution in [3.05, 3.63) is 76.0 Å². The lowest BCUT2D eigenvalue weighted by atomic mass is 10.1. The molecule has 4 rings (SSSR count). The topological polar surface area (TPSA) is 88.8 Å². The van der Waals surface area contributed by atoms with Gasteiger partial charge in [0.15, 0.2) is 0 Å². The van der Waals surface area contributed by atoms with E-state index in [2.05, 4.69) is 45.7 Å². The maximum atomic E-state index is 10.6. The molecule has 0 aliphatic carbocycles. The zero-order valence-corrected chi connectivity index (χ0v) is 18.1. The summed E-state index contributed by atoms with van der Waals surface area (Å²) in [6.45, 7) is 3.47. The SMILES string of the molecule is Cc1cncn1CCNc1ncc(Br)c(-c2cnc(C(O)c3ccccc3)s2)n1. The lowest BCUT2D eigenvalue weighted by Crippen LogP contribution is -2.12. The molecule has 4 aromatic rings. The van der Waals surface area contributed by atoms with E-state index < -0.39 is 6.10 Å². The quantitative estimate of drug-likeness (QED) is 0.423. The fraction of sp³-hybridized carbons (Fsp3) is 0.200. The number of anilines is 1. The molecule has 9 heteroatoms. The first-order chi connectivity index (χ1) is 14.1. The van der Waals surface area contributed by atoms with Crippen molar-refractivity contribution in [3.63, 3.8) is 0 Å². The third-order valence-electron chi connectivity index (χ3n) is 4.41. The third-order valence-corrected chi connectivity index (χ3v) is 6.04. The number of hydrogen-bond donors (Lipinski definition) is 2. The fourth-order valence-electron chi connectivity index (χ4n) is 2.84. The van der Waals surface area contributed by atoms with Crippen LogP contribution in [-0.4, -0.2) is 36.2 Å². The smallest absolute Gasteiger partial charge is 0.223 e. The first-order valence-electron chi connectivity index (χ1n) is 9.04. The van der Waals surface area contributed by atoms with Gasteiger partial charge in [0.05, 0.1) is 15.7 Å². The molecule has 148 valence electrons. The number of imidazole rings is 1. The van der Waals surface area contributed by atoms with Crippen molar-refractivity contribution in [2.45, 2.75) is 19.6 Å². The van der Waals surface area contributed by atoms with E-state index in [1.807, 2.05) is 49.8 Å². The minimum absolute atomic E-state index is 0.541. The summed E-state index contributed by atoms with van der Waals surface area (Å²) in [4.78, 5) is 18.3. The second kappa shape index (κ2) is 8.81. The van der Waals surface area contributed by atoms with Crippen LogP contribution < -0.4 is 5.32 Å². The van der Waals surface area contributed by atoms with E-state index >= 15 is 0 Å². The summed E-state index contributed by atoms with van der Waals surface area (Å²) in [6.07, 6.45) is 6.34. The van der Waals surface area contributed by atoms with Gasteiger partial charge in [-0.15, -0.1) is 11.3 Å². The third kappa shape index (κ3) is 4.52. The van der Waals surface area contributed by atoms with E-state index in [-0.39, 0.29) is 0 Å². The van der Waals surface area contributed by atoms with Crippen LogP contribution in [0.3, 0.4) is 0 Å². The Morgan fingerprint density at radius 1 is 1.17 bits per heavy atom. The van der Waals surface area contributed by atoms with Gasteiger partial charge < -0.3 is 15.0 Å². The summed E-state index contributed by atoms with van der Waals surface area (Å²) in [5.41, 5.74) is 2.66. The minimum atomic E-state index is -0.758. The molecule has 2 N–H and O–H groups in total. The van der Waals surface area contributed by atoms with E-state index in [4.69, 9.17) is 0 Å². The van der Waals surface area contributed by atoms with Gasteiger partial charge in [0.2, 0.25) is 5.95 Å². The van der Waals surface area contributed by atoms with Crippen LogP contribution in [0, 0.1) is 6.92 Å². The summed E-state index contributed by atoms with van der Waals surface area (Å²) >= 11 is 4.93. The standard InChI is InChI=1S/C20H19BrN6OS/c1-13-9-22-12-27(13)8-7-23-20-25-10-15(21)17(26-20)16-11-24-19(29-16)18(28)14-5-3-2-4-6-14/h2-6,9-12,18,28H,7-8H2,1H3,(H,23,25,26). The van der Waals surface area contributed by atoms with Crippen LogP contribution in [0.4, 0.5) is 5.95 Å². The van der Waals surface area contributed by atoms with Crippen molar-refractivity contribution in [2.24, 2.45) is 0 Å². The Morgan fingerprint density at radius 3 is 2.76 bits per heavy atom. The van der Waals surface area contributed by atoms with Gasteiger partial charge in [0, 0.05) is 37.4 Å². The summed E-state index contributed by atoms with van der Waals surface area (Å²) in [6, 6.07) is 9.49. The first-order valence-corrected chi connectivity index (χ1v) is 10.6. The molecule has 3 aromatic heterocycles. The van der Waals surface area contributed by atoms with E-state index in [0.717, 1.165) is 32.8 Å². The highest BCUT2D eigenvalue weighted by atomic mass is 79.9. The maximum absolute atomic E-state index is 10.6. The number of hydrogen-bond acceptors (Lipinski definition) is 7. The Kier molecular flexibility index (Phi) is 5.98. The summed E-state index contributed by atoms with van der Waals surface area (Å²) in [5, 5.41) is 14.5. The van der Waals surface area contributed by atoms with Crippen LogP contribution in [0.1, 0.15) is 22.4 Å². The average molecular weight is 471 g/mol. The van der Waals surface area contributed by atoms with E-state index in [1.54, 1.807) is 12.4 Å². The van der Waals surface area contributed by atoms with Crippen LogP contribution >= 0.6 is 27.3 Å². The lowest BCUT2D eigenvalue weighted by molar-refractivity contribution is 0.220.